The topological polar surface area (TPSA) is 119 Å². The van der Waals surface area contributed by atoms with Crippen molar-refractivity contribution in [3.05, 3.63) is 67.8 Å². The van der Waals surface area contributed by atoms with E-state index < -0.39 is 17.5 Å². The average molecular weight is 517 g/mol. The number of carbonyl (C=O) groups is 2. The van der Waals surface area contributed by atoms with Crippen molar-refractivity contribution in [2.24, 2.45) is 0 Å². The number of amides is 1. The molecular formula is C27H36N2O6S. The zero-order chi connectivity index (χ0) is 26.5. The number of carbonyl (C=O) groups excluding carboxylic acids is 2. The lowest BCUT2D eigenvalue weighted by molar-refractivity contribution is 0.102. The van der Waals surface area contributed by atoms with Crippen LogP contribution in [-0.2, 0) is 17.6 Å². The van der Waals surface area contributed by atoms with Crippen molar-refractivity contribution in [3.63, 3.8) is 0 Å². The Balaban J connectivity index is 1.98. The minimum atomic E-state index is -0.857. The number of allylic oxidation sites excluding steroid dienone is 3. The number of hydrogen-bond donors (Lipinski definition) is 2. The summed E-state index contributed by atoms with van der Waals surface area (Å²) in [4.78, 5) is 41.9. The number of methoxy groups -OCH3 is 1. The van der Waals surface area contributed by atoms with Crippen molar-refractivity contribution in [2.75, 3.05) is 7.11 Å². The highest BCUT2D eigenvalue weighted by Crippen LogP contribution is 2.26. The number of unbranched alkanes of at least 4 members (excludes halogenated alkanes) is 3. The number of rotatable bonds is 14. The monoisotopic (exact) mass is 516 g/mol. The number of Topliss-reactive ketones (excluding diaryl/α,β-unsaturated/α-hetero) is 1. The maximum atomic E-state index is 12.9. The van der Waals surface area contributed by atoms with Crippen molar-refractivity contribution in [2.45, 2.75) is 78.1 Å². The molecule has 0 bridgehead atoms. The van der Waals surface area contributed by atoms with E-state index in [1.54, 1.807) is 30.4 Å². The highest BCUT2D eigenvalue weighted by atomic mass is 32.1. The second-order valence-electron chi connectivity index (χ2n) is 8.66. The Hall–Kier alpha value is -3.20. The Kier molecular flexibility index (Phi) is 12.1. The summed E-state index contributed by atoms with van der Waals surface area (Å²) in [6.45, 7) is 5.66. The van der Waals surface area contributed by atoms with Crippen molar-refractivity contribution >= 4 is 23.2 Å². The molecule has 8 nitrogen and oxygen atoms in total. The second-order valence-corrected chi connectivity index (χ2v) is 9.86. The lowest BCUT2D eigenvalue weighted by atomic mass is 9.99. The van der Waals surface area contributed by atoms with Crippen molar-refractivity contribution in [3.8, 4) is 5.75 Å². The fraction of sp³-hybridized carbons (Fsp3) is 0.481. The minimum absolute atomic E-state index is 0.185. The van der Waals surface area contributed by atoms with Gasteiger partial charge in [0.25, 0.3) is 0 Å². The maximum Gasteiger partial charge on any atom is 0.410 e. The maximum absolute atomic E-state index is 12.9. The van der Waals surface area contributed by atoms with Gasteiger partial charge in [0.2, 0.25) is 0 Å². The summed E-state index contributed by atoms with van der Waals surface area (Å²) in [6, 6.07) is 1.33. The van der Waals surface area contributed by atoms with Crippen LogP contribution in [0.1, 0.15) is 91.2 Å². The molecule has 0 aliphatic rings. The number of aryl methyl sites for hydroxylation is 1. The predicted octanol–water partition coefficient (Wildman–Crippen LogP) is 6.05. The Morgan fingerprint density at radius 2 is 2.08 bits per heavy atom. The van der Waals surface area contributed by atoms with Crippen LogP contribution in [0.5, 0.6) is 5.75 Å². The molecule has 0 saturated heterocycles. The van der Waals surface area contributed by atoms with Gasteiger partial charge in [0.05, 0.1) is 12.1 Å². The number of aromatic nitrogens is 1. The van der Waals surface area contributed by atoms with Crippen molar-refractivity contribution in [1.29, 1.82) is 0 Å². The van der Waals surface area contributed by atoms with E-state index in [-0.39, 0.29) is 17.2 Å². The van der Waals surface area contributed by atoms with Crippen LogP contribution in [0.15, 0.2) is 45.4 Å². The predicted molar refractivity (Wildman–Crippen MR) is 141 cm³/mol. The molecule has 0 aromatic carbocycles. The molecule has 2 rings (SSSR count). The number of nitrogens with one attached hydrogen (secondary N) is 1. The number of ether oxygens (including phenoxy) is 1. The third-order valence-corrected chi connectivity index (χ3v) is 6.83. The zero-order valence-corrected chi connectivity index (χ0v) is 22.3. The summed E-state index contributed by atoms with van der Waals surface area (Å²) in [5.74, 6) is -0.835. The van der Waals surface area contributed by atoms with Gasteiger partial charge in [-0.2, -0.15) is 0 Å². The van der Waals surface area contributed by atoms with E-state index in [0.29, 0.717) is 30.6 Å². The standard InChI is InChI=1S/C27H36N2O6S/c1-5-6-7-8-12-23-29-17-20(36-23)14-13-19(3)25(31)24-21(30)16-22(35-26(24)32)18(2)11-9-10-15-28-27(33)34-4/h10,13,15-18,30H,5-9,11-12,14H2,1-4H3,(H,28,33)/b15-10+,19-13-. The summed E-state index contributed by atoms with van der Waals surface area (Å²) in [7, 11) is 1.28. The highest BCUT2D eigenvalue weighted by molar-refractivity contribution is 7.11. The second kappa shape index (κ2) is 15.0. The molecule has 2 heterocycles. The molecule has 0 radical (unpaired) electrons. The molecule has 36 heavy (non-hydrogen) atoms. The number of ketones is 1. The number of nitrogens with zero attached hydrogens (tertiary/aromatic N) is 1. The first-order valence-electron chi connectivity index (χ1n) is 12.3. The van der Waals surface area contributed by atoms with E-state index >= 15 is 0 Å². The van der Waals surface area contributed by atoms with Gasteiger partial charge in [-0.1, -0.05) is 45.3 Å². The first-order valence-corrected chi connectivity index (χ1v) is 13.1. The van der Waals surface area contributed by atoms with E-state index in [1.807, 2.05) is 13.1 Å². The fourth-order valence-corrected chi connectivity index (χ4v) is 4.44. The summed E-state index contributed by atoms with van der Waals surface area (Å²) < 4.78 is 9.84. The first-order chi connectivity index (χ1) is 17.3. The largest absolute Gasteiger partial charge is 0.507 e. The van der Waals surface area contributed by atoms with Crippen molar-refractivity contribution in [1.82, 2.24) is 10.3 Å². The molecule has 1 amide bonds. The molecule has 2 aromatic heterocycles. The fourth-order valence-electron chi connectivity index (χ4n) is 3.51. The van der Waals surface area contributed by atoms with Gasteiger partial charge >= 0.3 is 11.7 Å². The highest BCUT2D eigenvalue weighted by Gasteiger charge is 2.22. The number of alkyl carbamates (subject to hydrolysis) is 1. The van der Waals surface area contributed by atoms with Gasteiger partial charge in [-0.25, -0.2) is 14.6 Å². The van der Waals surface area contributed by atoms with E-state index in [2.05, 4.69) is 22.0 Å². The third kappa shape index (κ3) is 9.11. The van der Waals surface area contributed by atoms with Crippen LogP contribution >= 0.6 is 11.3 Å². The zero-order valence-electron chi connectivity index (χ0n) is 21.5. The average Bonchev–Trinajstić information content (AvgIpc) is 3.31. The Morgan fingerprint density at radius 1 is 1.31 bits per heavy atom. The third-order valence-electron chi connectivity index (χ3n) is 5.75. The van der Waals surface area contributed by atoms with Crippen LogP contribution in [0.2, 0.25) is 0 Å². The molecule has 0 aliphatic carbocycles. The van der Waals surface area contributed by atoms with Gasteiger partial charge in [-0.3, -0.25) is 10.1 Å². The van der Waals surface area contributed by atoms with E-state index in [9.17, 15) is 19.5 Å². The van der Waals surface area contributed by atoms with Crippen LogP contribution in [-0.4, -0.2) is 29.1 Å². The lowest BCUT2D eigenvalue weighted by Gasteiger charge is -2.11. The van der Waals surface area contributed by atoms with Crippen LogP contribution in [0.25, 0.3) is 0 Å². The molecule has 0 saturated carbocycles. The normalized spacial score (nSPS) is 12.6. The molecular weight excluding hydrogens is 480 g/mol. The van der Waals surface area contributed by atoms with Gasteiger partial charge in [-0.15, -0.1) is 11.3 Å². The van der Waals surface area contributed by atoms with Gasteiger partial charge in [0, 0.05) is 35.7 Å². The van der Waals surface area contributed by atoms with E-state index in [4.69, 9.17) is 4.42 Å². The summed E-state index contributed by atoms with van der Waals surface area (Å²) in [5, 5.41) is 14.0. The summed E-state index contributed by atoms with van der Waals surface area (Å²) in [5.41, 5.74) is -0.855. The molecule has 1 atom stereocenters. The van der Waals surface area contributed by atoms with Crippen LogP contribution in [0.3, 0.4) is 0 Å². The molecule has 1 unspecified atom stereocenters. The molecule has 2 aromatic rings. The SMILES string of the molecule is CCCCCCc1ncc(C/C=C(/C)C(=O)c2c(O)cc(C(C)CC/C=C/NC(=O)OC)oc2=O)s1. The molecule has 0 fully saturated rings. The Morgan fingerprint density at radius 3 is 2.78 bits per heavy atom. The molecule has 0 aliphatic heterocycles. The smallest absolute Gasteiger partial charge is 0.410 e. The Labute approximate surface area is 216 Å². The molecule has 0 spiro atoms. The molecule has 2 N–H and O–H groups in total. The van der Waals surface area contributed by atoms with Gasteiger partial charge in [0.15, 0.2) is 5.78 Å². The van der Waals surface area contributed by atoms with Gasteiger partial charge < -0.3 is 14.3 Å². The number of aromatic hydroxyl groups is 1. The van der Waals surface area contributed by atoms with E-state index in [1.165, 1.54) is 38.6 Å². The van der Waals surface area contributed by atoms with Crippen LogP contribution in [0, 0.1) is 0 Å². The Bertz CT molecular complexity index is 1130. The first kappa shape index (κ1) is 29.0. The van der Waals surface area contributed by atoms with Gasteiger partial charge in [-0.05, 0) is 38.2 Å². The minimum Gasteiger partial charge on any atom is -0.507 e. The van der Waals surface area contributed by atoms with Crippen molar-refractivity contribution < 1.29 is 23.8 Å². The quantitative estimate of drug-likeness (QED) is 0.178. The molecule has 196 valence electrons. The number of thiazole rings is 1. The summed E-state index contributed by atoms with van der Waals surface area (Å²) >= 11 is 1.64. The van der Waals surface area contributed by atoms with Gasteiger partial charge in [0.1, 0.15) is 17.1 Å². The summed E-state index contributed by atoms with van der Waals surface area (Å²) in [6.07, 6.45) is 13.7. The lowest BCUT2D eigenvalue weighted by Crippen LogP contribution is -2.17. The number of hydrogen-bond acceptors (Lipinski definition) is 8. The molecule has 9 heteroatoms. The van der Waals surface area contributed by atoms with Crippen LogP contribution < -0.4 is 10.9 Å². The van der Waals surface area contributed by atoms with E-state index in [0.717, 1.165) is 22.7 Å². The van der Waals surface area contributed by atoms with Crippen LogP contribution in [0.4, 0.5) is 4.79 Å².